The number of rotatable bonds is 2. The molecule has 4 heteroatoms. The molecule has 0 bridgehead atoms. The Morgan fingerprint density at radius 1 is 1.73 bits per heavy atom. The van der Waals surface area contributed by atoms with Crippen LogP contribution in [0.15, 0.2) is 5.38 Å². The van der Waals surface area contributed by atoms with Crippen LogP contribution < -0.4 is 5.32 Å². The van der Waals surface area contributed by atoms with Gasteiger partial charge in [0.15, 0.2) is 0 Å². The second-order valence-electron chi connectivity index (χ2n) is 2.67. The maximum atomic E-state index is 5.63. The van der Waals surface area contributed by atoms with E-state index in [0.717, 1.165) is 18.8 Å². The minimum Gasteiger partial charge on any atom is -0.315 e. The van der Waals surface area contributed by atoms with Crippen LogP contribution in [0.2, 0.25) is 0 Å². The molecule has 0 aromatic carbocycles. The largest absolute Gasteiger partial charge is 0.315 e. The first kappa shape index (κ1) is 7.53. The molecule has 2 nitrogen and oxygen atoms in total. The zero-order valence-electron chi connectivity index (χ0n) is 6.01. The normalized spacial score (nSPS) is 18.3. The molecule has 0 unspecified atom stereocenters. The SMILES string of the molecule is ClCc1csc(C2CNC2)n1. The van der Waals surface area contributed by atoms with Crippen LogP contribution in [0.3, 0.4) is 0 Å². The third-order valence-corrected chi connectivity index (χ3v) is 3.17. The number of aromatic nitrogens is 1. The molecule has 1 aliphatic rings. The van der Waals surface area contributed by atoms with Crippen molar-refractivity contribution >= 4 is 22.9 Å². The Labute approximate surface area is 74.6 Å². The second-order valence-corrected chi connectivity index (χ2v) is 3.82. The average Bonchev–Trinajstić information content (AvgIpc) is 2.32. The molecule has 60 valence electrons. The molecule has 0 amide bonds. The topological polar surface area (TPSA) is 24.9 Å². The van der Waals surface area contributed by atoms with Gasteiger partial charge in [-0.3, -0.25) is 0 Å². The molecular weight excluding hydrogens is 180 g/mol. The Hall–Kier alpha value is -0.120. The highest BCUT2D eigenvalue weighted by molar-refractivity contribution is 7.09. The molecule has 0 saturated carbocycles. The van der Waals surface area contributed by atoms with Crippen LogP contribution >= 0.6 is 22.9 Å². The van der Waals surface area contributed by atoms with Crippen molar-refractivity contribution in [3.05, 3.63) is 16.1 Å². The molecule has 1 fully saturated rings. The summed E-state index contributed by atoms with van der Waals surface area (Å²) in [6.07, 6.45) is 0. The maximum Gasteiger partial charge on any atom is 0.0985 e. The van der Waals surface area contributed by atoms with Gasteiger partial charge in [-0.25, -0.2) is 4.98 Å². The zero-order chi connectivity index (χ0) is 7.68. The Balaban J connectivity index is 2.11. The number of halogens is 1. The van der Waals surface area contributed by atoms with Gasteiger partial charge in [-0.05, 0) is 0 Å². The van der Waals surface area contributed by atoms with E-state index in [9.17, 15) is 0 Å². The Bertz CT molecular complexity index is 244. The molecule has 1 aromatic rings. The minimum absolute atomic E-state index is 0.538. The fraction of sp³-hybridized carbons (Fsp3) is 0.571. The van der Waals surface area contributed by atoms with E-state index in [4.69, 9.17) is 11.6 Å². The van der Waals surface area contributed by atoms with E-state index in [1.807, 2.05) is 5.38 Å². The summed E-state index contributed by atoms with van der Waals surface area (Å²) in [5.74, 6) is 1.19. The van der Waals surface area contributed by atoms with E-state index in [-0.39, 0.29) is 0 Å². The molecule has 0 spiro atoms. The van der Waals surface area contributed by atoms with Gasteiger partial charge in [0, 0.05) is 24.4 Å². The van der Waals surface area contributed by atoms with Crippen molar-refractivity contribution in [1.29, 1.82) is 0 Å². The molecule has 1 aromatic heterocycles. The van der Waals surface area contributed by atoms with Crippen molar-refractivity contribution in [1.82, 2.24) is 10.3 Å². The van der Waals surface area contributed by atoms with Crippen LogP contribution in [0, 0.1) is 0 Å². The molecule has 2 rings (SSSR count). The van der Waals surface area contributed by atoms with E-state index in [1.165, 1.54) is 5.01 Å². The van der Waals surface area contributed by atoms with Gasteiger partial charge in [0.25, 0.3) is 0 Å². The van der Waals surface area contributed by atoms with E-state index in [2.05, 4.69) is 10.3 Å². The summed E-state index contributed by atoms with van der Waals surface area (Å²) >= 11 is 7.36. The van der Waals surface area contributed by atoms with Gasteiger partial charge < -0.3 is 5.32 Å². The predicted molar refractivity (Wildman–Crippen MR) is 47.3 cm³/mol. The Morgan fingerprint density at radius 2 is 2.55 bits per heavy atom. The van der Waals surface area contributed by atoms with E-state index in [1.54, 1.807) is 11.3 Å². The highest BCUT2D eigenvalue weighted by Crippen LogP contribution is 2.23. The molecule has 0 aliphatic carbocycles. The van der Waals surface area contributed by atoms with Gasteiger partial charge in [0.1, 0.15) is 0 Å². The van der Waals surface area contributed by atoms with E-state index in [0.29, 0.717) is 11.8 Å². The lowest BCUT2D eigenvalue weighted by Crippen LogP contribution is -2.39. The number of thiazole rings is 1. The molecule has 1 aliphatic heterocycles. The molecule has 11 heavy (non-hydrogen) atoms. The minimum atomic E-state index is 0.538. The van der Waals surface area contributed by atoms with Crippen LogP contribution in [0.4, 0.5) is 0 Å². The van der Waals surface area contributed by atoms with Crippen LogP contribution in [0.25, 0.3) is 0 Å². The number of alkyl halides is 1. The molecule has 0 radical (unpaired) electrons. The van der Waals surface area contributed by atoms with Crippen molar-refractivity contribution in [2.24, 2.45) is 0 Å². The van der Waals surface area contributed by atoms with Gasteiger partial charge in [0.05, 0.1) is 16.6 Å². The predicted octanol–water partition coefficient (Wildman–Crippen LogP) is 1.57. The molecular formula is C7H9ClN2S. The zero-order valence-corrected chi connectivity index (χ0v) is 7.58. The van der Waals surface area contributed by atoms with E-state index >= 15 is 0 Å². The summed E-state index contributed by atoms with van der Waals surface area (Å²) in [7, 11) is 0. The number of nitrogens with zero attached hydrogens (tertiary/aromatic N) is 1. The summed E-state index contributed by atoms with van der Waals surface area (Å²) in [4.78, 5) is 4.40. The van der Waals surface area contributed by atoms with Gasteiger partial charge in [-0.1, -0.05) is 0 Å². The fourth-order valence-electron chi connectivity index (χ4n) is 1.03. The molecule has 0 atom stereocenters. The highest BCUT2D eigenvalue weighted by Gasteiger charge is 2.21. The Kier molecular flexibility index (Phi) is 2.11. The number of hydrogen-bond donors (Lipinski definition) is 1. The van der Waals surface area contributed by atoms with Crippen LogP contribution in [-0.2, 0) is 5.88 Å². The second kappa shape index (κ2) is 3.09. The summed E-state index contributed by atoms with van der Waals surface area (Å²) in [5, 5.41) is 6.50. The smallest absolute Gasteiger partial charge is 0.0985 e. The summed E-state index contributed by atoms with van der Waals surface area (Å²) in [6, 6.07) is 0. The van der Waals surface area contributed by atoms with Crippen LogP contribution in [0.5, 0.6) is 0 Å². The van der Waals surface area contributed by atoms with Crippen molar-refractivity contribution in [2.75, 3.05) is 13.1 Å². The highest BCUT2D eigenvalue weighted by atomic mass is 35.5. The van der Waals surface area contributed by atoms with Crippen LogP contribution in [-0.4, -0.2) is 18.1 Å². The maximum absolute atomic E-state index is 5.63. The lowest BCUT2D eigenvalue weighted by molar-refractivity contribution is 0.446. The van der Waals surface area contributed by atoms with Crippen molar-refractivity contribution < 1.29 is 0 Å². The first-order chi connectivity index (χ1) is 5.40. The molecule has 1 N–H and O–H groups in total. The third-order valence-electron chi connectivity index (χ3n) is 1.84. The first-order valence-electron chi connectivity index (χ1n) is 3.61. The van der Waals surface area contributed by atoms with Gasteiger partial charge >= 0.3 is 0 Å². The summed E-state index contributed by atoms with van der Waals surface area (Å²) < 4.78 is 0. The Morgan fingerprint density at radius 3 is 3.00 bits per heavy atom. The van der Waals surface area contributed by atoms with Gasteiger partial charge in [-0.15, -0.1) is 22.9 Å². The monoisotopic (exact) mass is 188 g/mol. The van der Waals surface area contributed by atoms with Gasteiger partial charge in [0.2, 0.25) is 0 Å². The fourth-order valence-corrected chi connectivity index (χ4v) is 2.19. The summed E-state index contributed by atoms with van der Waals surface area (Å²) in [6.45, 7) is 2.16. The lowest BCUT2D eigenvalue weighted by Gasteiger charge is -2.24. The molecule has 2 heterocycles. The van der Waals surface area contributed by atoms with Crippen LogP contribution in [0.1, 0.15) is 16.6 Å². The average molecular weight is 189 g/mol. The standard InChI is InChI=1S/C7H9ClN2S/c8-1-6-4-11-7(10-6)5-2-9-3-5/h4-5,9H,1-3H2. The van der Waals surface area contributed by atoms with Gasteiger partial charge in [-0.2, -0.15) is 0 Å². The van der Waals surface area contributed by atoms with Crippen molar-refractivity contribution in [2.45, 2.75) is 11.8 Å². The third kappa shape index (κ3) is 1.41. The lowest BCUT2D eigenvalue weighted by atomic mass is 10.1. The molecule has 1 saturated heterocycles. The van der Waals surface area contributed by atoms with Crippen molar-refractivity contribution in [3.8, 4) is 0 Å². The quantitative estimate of drug-likeness (QED) is 0.713. The number of nitrogens with one attached hydrogen (secondary N) is 1. The summed E-state index contributed by atoms with van der Waals surface area (Å²) in [5.41, 5.74) is 1.01. The first-order valence-corrected chi connectivity index (χ1v) is 5.02. The number of hydrogen-bond acceptors (Lipinski definition) is 3. The van der Waals surface area contributed by atoms with E-state index < -0.39 is 0 Å². The van der Waals surface area contributed by atoms with Crippen molar-refractivity contribution in [3.63, 3.8) is 0 Å².